The molecule has 1 aromatic heterocycles. The molecule has 2 rings (SSSR count). The zero-order chi connectivity index (χ0) is 12.3. The lowest BCUT2D eigenvalue weighted by atomic mass is 10.2. The molecular formula is C12H21N5. The minimum atomic E-state index is 0.498. The van der Waals surface area contributed by atoms with E-state index in [1.807, 2.05) is 13.1 Å². The van der Waals surface area contributed by atoms with Gasteiger partial charge in [0.05, 0.1) is 5.69 Å². The summed E-state index contributed by atoms with van der Waals surface area (Å²) in [5, 5.41) is 11.6. The summed E-state index contributed by atoms with van der Waals surface area (Å²) >= 11 is 0. The van der Waals surface area contributed by atoms with Crippen LogP contribution in [-0.4, -0.2) is 54.9 Å². The molecule has 1 unspecified atom stereocenters. The Hall–Kier alpha value is -1.20. The average Bonchev–Trinajstić information content (AvgIpc) is 2.31. The first-order chi connectivity index (χ1) is 8.20. The molecular weight excluding hydrogens is 214 g/mol. The Kier molecular flexibility index (Phi) is 3.91. The van der Waals surface area contributed by atoms with Gasteiger partial charge in [0.1, 0.15) is 0 Å². The predicted octanol–water partition coefficient (Wildman–Crippen LogP) is 0.336. The number of nitrogens with one attached hydrogen (secondary N) is 1. The first-order valence-electron chi connectivity index (χ1n) is 6.13. The molecule has 94 valence electrons. The van der Waals surface area contributed by atoms with Crippen molar-refractivity contribution in [2.45, 2.75) is 19.5 Å². The highest BCUT2D eigenvalue weighted by atomic mass is 15.3. The molecule has 5 heteroatoms. The molecule has 1 aromatic rings. The number of piperazine rings is 1. The van der Waals surface area contributed by atoms with E-state index >= 15 is 0 Å². The molecule has 5 nitrogen and oxygen atoms in total. The second kappa shape index (κ2) is 5.42. The van der Waals surface area contributed by atoms with Crippen molar-refractivity contribution in [1.29, 1.82) is 0 Å². The van der Waals surface area contributed by atoms with Crippen molar-refractivity contribution in [3.8, 4) is 0 Å². The number of rotatable bonds is 3. The second-order valence-electron chi connectivity index (χ2n) is 4.72. The summed E-state index contributed by atoms with van der Waals surface area (Å²) in [6.07, 6.45) is 0. The van der Waals surface area contributed by atoms with Crippen LogP contribution >= 0.6 is 0 Å². The Morgan fingerprint density at radius 3 is 2.76 bits per heavy atom. The summed E-state index contributed by atoms with van der Waals surface area (Å²) < 4.78 is 0. The molecule has 1 fully saturated rings. The van der Waals surface area contributed by atoms with Crippen LogP contribution in [0.4, 0.5) is 5.82 Å². The molecule has 2 heterocycles. The summed E-state index contributed by atoms with van der Waals surface area (Å²) in [6, 6.07) is 4.61. The summed E-state index contributed by atoms with van der Waals surface area (Å²) in [7, 11) is 4.08. The molecule has 0 amide bonds. The van der Waals surface area contributed by atoms with Gasteiger partial charge >= 0.3 is 0 Å². The summed E-state index contributed by atoms with van der Waals surface area (Å²) in [6.45, 7) is 6.20. The van der Waals surface area contributed by atoms with Crippen molar-refractivity contribution in [3.05, 3.63) is 17.8 Å². The van der Waals surface area contributed by atoms with Gasteiger partial charge in [0.2, 0.25) is 0 Å². The Bertz CT molecular complexity index is 350. The van der Waals surface area contributed by atoms with E-state index in [1.165, 1.54) is 0 Å². The standard InChI is InChI=1S/C12H21N5/c1-10-9-16(3)6-7-17(10)12-5-4-11(8-13-2)14-15-12/h4-5,10,13H,6-9H2,1-3H3. The molecule has 0 radical (unpaired) electrons. The van der Waals surface area contributed by atoms with E-state index in [0.717, 1.165) is 37.7 Å². The Labute approximate surface area is 103 Å². The van der Waals surface area contributed by atoms with Crippen LogP contribution in [-0.2, 0) is 6.54 Å². The third-order valence-electron chi connectivity index (χ3n) is 3.19. The van der Waals surface area contributed by atoms with E-state index in [0.29, 0.717) is 6.04 Å². The van der Waals surface area contributed by atoms with Crippen molar-refractivity contribution in [2.75, 3.05) is 38.6 Å². The molecule has 0 saturated carbocycles. The maximum absolute atomic E-state index is 4.31. The Morgan fingerprint density at radius 1 is 1.35 bits per heavy atom. The van der Waals surface area contributed by atoms with E-state index in [2.05, 4.69) is 45.4 Å². The highest BCUT2D eigenvalue weighted by Gasteiger charge is 2.22. The normalized spacial score (nSPS) is 21.8. The van der Waals surface area contributed by atoms with Gasteiger partial charge in [0, 0.05) is 32.2 Å². The molecule has 0 aromatic carbocycles. The van der Waals surface area contributed by atoms with Crippen LogP contribution in [0.25, 0.3) is 0 Å². The van der Waals surface area contributed by atoms with Gasteiger partial charge in [-0.2, -0.15) is 5.10 Å². The van der Waals surface area contributed by atoms with E-state index in [9.17, 15) is 0 Å². The monoisotopic (exact) mass is 235 g/mol. The van der Waals surface area contributed by atoms with E-state index in [1.54, 1.807) is 0 Å². The van der Waals surface area contributed by atoms with Gasteiger partial charge in [-0.1, -0.05) is 0 Å². The number of nitrogens with zero attached hydrogens (tertiary/aromatic N) is 4. The van der Waals surface area contributed by atoms with Gasteiger partial charge < -0.3 is 15.1 Å². The SMILES string of the molecule is CNCc1ccc(N2CCN(C)CC2C)nn1. The van der Waals surface area contributed by atoms with Crippen LogP contribution in [0.5, 0.6) is 0 Å². The van der Waals surface area contributed by atoms with Crippen LogP contribution in [0, 0.1) is 0 Å². The van der Waals surface area contributed by atoms with Crippen molar-refractivity contribution in [1.82, 2.24) is 20.4 Å². The highest BCUT2D eigenvalue weighted by molar-refractivity contribution is 5.39. The maximum Gasteiger partial charge on any atom is 0.151 e. The van der Waals surface area contributed by atoms with Gasteiger partial charge in [-0.25, -0.2) is 0 Å². The fraction of sp³-hybridized carbons (Fsp3) is 0.667. The molecule has 1 atom stereocenters. The van der Waals surface area contributed by atoms with Crippen LogP contribution in [0.15, 0.2) is 12.1 Å². The lowest BCUT2D eigenvalue weighted by molar-refractivity contribution is 0.274. The predicted molar refractivity (Wildman–Crippen MR) is 69.1 cm³/mol. The molecule has 0 aliphatic carbocycles. The van der Waals surface area contributed by atoms with Crippen LogP contribution in [0.3, 0.4) is 0 Å². The summed E-state index contributed by atoms with van der Waals surface area (Å²) in [4.78, 5) is 4.68. The first kappa shape index (κ1) is 12.3. The smallest absolute Gasteiger partial charge is 0.151 e. The van der Waals surface area contributed by atoms with Crippen molar-refractivity contribution >= 4 is 5.82 Å². The Balaban J connectivity index is 2.06. The molecule has 1 saturated heterocycles. The van der Waals surface area contributed by atoms with E-state index < -0.39 is 0 Å². The summed E-state index contributed by atoms with van der Waals surface area (Å²) in [5.74, 6) is 0.991. The van der Waals surface area contributed by atoms with Gasteiger partial charge in [-0.05, 0) is 33.2 Å². The number of hydrogen-bond acceptors (Lipinski definition) is 5. The number of hydrogen-bond donors (Lipinski definition) is 1. The van der Waals surface area contributed by atoms with Crippen LogP contribution < -0.4 is 10.2 Å². The lowest BCUT2D eigenvalue weighted by Gasteiger charge is -2.38. The fourth-order valence-corrected chi connectivity index (χ4v) is 2.26. The fourth-order valence-electron chi connectivity index (χ4n) is 2.26. The number of likely N-dealkylation sites (N-methyl/N-ethyl adjacent to an activating group) is 1. The highest BCUT2D eigenvalue weighted by Crippen LogP contribution is 2.16. The zero-order valence-electron chi connectivity index (χ0n) is 10.8. The first-order valence-corrected chi connectivity index (χ1v) is 6.13. The van der Waals surface area contributed by atoms with Crippen LogP contribution in [0.1, 0.15) is 12.6 Å². The van der Waals surface area contributed by atoms with E-state index in [-0.39, 0.29) is 0 Å². The third kappa shape index (κ3) is 2.92. The van der Waals surface area contributed by atoms with Crippen molar-refractivity contribution in [3.63, 3.8) is 0 Å². The molecule has 1 N–H and O–H groups in total. The lowest BCUT2D eigenvalue weighted by Crippen LogP contribution is -2.50. The second-order valence-corrected chi connectivity index (χ2v) is 4.72. The quantitative estimate of drug-likeness (QED) is 0.818. The topological polar surface area (TPSA) is 44.3 Å². The minimum Gasteiger partial charge on any atom is -0.350 e. The zero-order valence-corrected chi connectivity index (χ0v) is 10.8. The van der Waals surface area contributed by atoms with E-state index in [4.69, 9.17) is 0 Å². The maximum atomic E-state index is 4.31. The molecule has 0 bridgehead atoms. The van der Waals surface area contributed by atoms with Gasteiger partial charge in [0.15, 0.2) is 5.82 Å². The number of anilines is 1. The third-order valence-corrected chi connectivity index (χ3v) is 3.19. The molecule has 1 aliphatic rings. The average molecular weight is 235 g/mol. The van der Waals surface area contributed by atoms with Crippen molar-refractivity contribution in [2.24, 2.45) is 0 Å². The molecule has 0 spiro atoms. The Morgan fingerprint density at radius 2 is 2.18 bits per heavy atom. The van der Waals surface area contributed by atoms with Crippen LogP contribution in [0.2, 0.25) is 0 Å². The minimum absolute atomic E-state index is 0.498. The largest absolute Gasteiger partial charge is 0.350 e. The van der Waals surface area contributed by atoms with Gasteiger partial charge in [0.25, 0.3) is 0 Å². The van der Waals surface area contributed by atoms with Gasteiger partial charge in [-0.15, -0.1) is 5.10 Å². The number of aromatic nitrogens is 2. The molecule has 17 heavy (non-hydrogen) atoms. The summed E-state index contributed by atoms with van der Waals surface area (Å²) in [5.41, 5.74) is 0.984. The van der Waals surface area contributed by atoms with Gasteiger partial charge in [-0.3, -0.25) is 0 Å². The van der Waals surface area contributed by atoms with Crippen molar-refractivity contribution < 1.29 is 0 Å². The molecule has 1 aliphatic heterocycles.